The van der Waals surface area contributed by atoms with Crippen LogP contribution >= 0.6 is 0 Å². The summed E-state index contributed by atoms with van der Waals surface area (Å²) in [5, 5.41) is 3.00. The molecule has 2 heterocycles. The van der Waals surface area contributed by atoms with E-state index in [1.54, 1.807) is 31.2 Å². The van der Waals surface area contributed by atoms with Crippen LogP contribution in [0, 0.1) is 6.92 Å². The molecule has 1 N–H and O–H groups in total. The molecule has 0 atom stereocenters. The van der Waals surface area contributed by atoms with Gasteiger partial charge in [0.05, 0.1) is 5.56 Å². The third-order valence-corrected chi connectivity index (χ3v) is 5.17. The molecule has 4 rings (SSSR count). The highest BCUT2D eigenvalue weighted by Crippen LogP contribution is 2.27. The van der Waals surface area contributed by atoms with Gasteiger partial charge in [-0.15, -0.1) is 0 Å². The van der Waals surface area contributed by atoms with Gasteiger partial charge >= 0.3 is 0 Å². The van der Waals surface area contributed by atoms with Gasteiger partial charge in [0, 0.05) is 19.1 Å². The van der Waals surface area contributed by atoms with Gasteiger partial charge in [0.2, 0.25) is 0 Å². The average molecular weight is 404 g/mol. The fourth-order valence-electron chi connectivity index (χ4n) is 3.56. The van der Waals surface area contributed by atoms with E-state index in [1.165, 1.54) is 0 Å². The maximum absolute atomic E-state index is 13.1. The van der Waals surface area contributed by atoms with Crippen molar-refractivity contribution in [1.82, 2.24) is 10.2 Å². The molecule has 6 heteroatoms. The van der Waals surface area contributed by atoms with E-state index in [0.717, 1.165) is 0 Å². The second-order valence-corrected chi connectivity index (χ2v) is 7.36. The zero-order valence-corrected chi connectivity index (χ0v) is 16.8. The predicted molar refractivity (Wildman–Crippen MR) is 113 cm³/mol. The first-order chi connectivity index (χ1) is 14.6. The summed E-state index contributed by atoms with van der Waals surface area (Å²) < 4.78 is 11.3. The molecule has 2 aromatic carbocycles. The number of hydrogen-bond acceptors (Lipinski definition) is 4. The predicted octanol–water partition coefficient (Wildman–Crippen LogP) is 4.41. The van der Waals surface area contributed by atoms with Crippen LogP contribution in [0.15, 0.2) is 71.1 Å². The second-order valence-electron chi connectivity index (χ2n) is 7.36. The van der Waals surface area contributed by atoms with Crippen LogP contribution in [0.2, 0.25) is 0 Å². The van der Waals surface area contributed by atoms with E-state index in [9.17, 15) is 9.59 Å². The van der Waals surface area contributed by atoms with E-state index in [4.69, 9.17) is 9.15 Å². The Morgan fingerprint density at radius 3 is 2.37 bits per heavy atom. The number of ether oxygens (including phenoxy) is 1. The van der Waals surface area contributed by atoms with Crippen LogP contribution in [0.5, 0.6) is 11.5 Å². The molecule has 0 aliphatic carbocycles. The maximum atomic E-state index is 13.1. The van der Waals surface area contributed by atoms with Gasteiger partial charge in [-0.1, -0.05) is 30.3 Å². The Bertz CT molecular complexity index is 1020. The molecule has 0 saturated carbocycles. The summed E-state index contributed by atoms with van der Waals surface area (Å²) in [5.74, 6) is 1.97. The van der Waals surface area contributed by atoms with Crippen molar-refractivity contribution in [1.29, 1.82) is 0 Å². The van der Waals surface area contributed by atoms with Crippen molar-refractivity contribution in [3.63, 3.8) is 0 Å². The summed E-state index contributed by atoms with van der Waals surface area (Å²) in [4.78, 5) is 27.2. The molecule has 1 aromatic heterocycles. The molecule has 6 nitrogen and oxygen atoms in total. The molecule has 154 valence electrons. The number of nitrogens with zero attached hydrogens (tertiary/aromatic N) is 1. The Labute approximate surface area is 175 Å². The van der Waals surface area contributed by atoms with Crippen molar-refractivity contribution < 1.29 is 18.7 Å². The normalized spacial score (nSPS) is 14.4. The maximum Gasteiger partial charge on any atom is 0.287 e. The standard InChI is InChI=1S/C24H24N2O4/c1-17-11-12-22(29-17)23(27)25-18-13-15-26(16-14-18)24(28)20-9-5-6-10-21(20)30-19-7-3-2-4-8-19/h2-12,18H,13-16H2,1H3,(H,25,27). The molecule has 0 bridgehead atoms. The number of para-hydroxylation sites is 2. The number of carbonyl (C=O) groups is 2. The minimum Gasteiger partial charge on any atom is -0.457 e. The number of piperidine rings is 1. The topological polar surface area (TPSA) is 71.8 Å². The first-order valence-corrected chi connectivity index (χ1v) is 10.1. The zero-order chi connectivity index (χ0) is 20.9. The summed E-state index contributed by atoms with van der Waals surface area (Å²) >= 11 is 0. The summed E-state index contributed by atoms with van der Waals surface area (Å²) in [6, 6.07) is 20.2. The number of amides is 2. The van der Waals surface area contributed by atoms with Crippen molar-refractivity contribution in [2.24, 2.45) is 0 Å². The van der Waals surface area contributed by atoms with Crippen LogP contribution in [-0.4, -0.2) is 35.8 Å². The van der Waals surface area contributed by atoms with E-state index >= 15 is 0 Å². The van der Waals surface area contributed by atoms with Gasteiger partial charge in [0.25, 0.3) is 11.8 Å². The lowest BCUT2D eigenvalue weighted by Gasteiger charge is -2.32. The van der Waals surface area contributed by atoms with Gasteiger partial charge in [-0.25, -0.2) is 0 Å². The summed E-state index contributed by atoms with van der Waals surface area (Å²) in [6.45, 7) is 2.95. The van der Waals surface area contributed by atoms with E-state index in [1.807, 2.05) is 47.4 Å². The number of likely N-dealkylation sites (tertiary alicyclic amines) is 1. The van der Waals surface area contributed by atoms with Gasteiger partial charge < -0.3 is 19.4 Å². The summed E-state index contributed by atoms with van der Waals surface area (Å²) in [6.07, 6.45) is 1.39. The number of carbonyl (C=O) groups excluding carboxylic acids is 2. The first-order valence-electron chi connectivity index (χ1n) is 10.1. The lowest BCUT2D eigenvalue weighted by atomic mass is 10.0. The highest BCUT2D eigenvalue weighted by Gasteiger charge is 2.27. The molecule has 1 aliphatic heterocycles. The number of benzene rings is 2. The molecule has 2 amide bonds. The molecule has 3 aromatic rings. The van der Waals surface area contributed by atoms with Crippen molar-refractivity contribution in [2.75, 3.05) is 13.1 Å². The Morgan fingerprint density at radius 1 is 0.967 bits per heavy atom. The highest BCUT2D eigenvalue weighted by molar-refractivity contribution is 5.97. The number of rotatable bonds is 5. The Morgan fingerprint density at radius 2 is 1.67 bits per heavy atom. The number of nitrogens with one attached hydrogen (secondary N) is 1. The number of furan rings is 1. The quantitative estimate of drug-likeness (QED) is 0.684. The van der Waals surface area contributed by atoms with Crippen LogP contribution in [0.1, 0.15) is 39.5 Å². The molecule has 1 saturated heterocycles. The van der Waals surface area contributed by atoms with Gasteiger partial charge in [-0.2, -0.15) is 0 Å². The van der Waals surface area contributed by atoms with Gasteiger partial charge in [0.1, 0.15) is 17.3 Å². The molecular weight excluding hydrogens is 380 g/mol. The van der Waals surface area contributed by atoms with E-state index in [0.29, 0.717) is 54.5 Å². The van der Waals surface area contributed by atoms with Crippen LogP contribution in [0.3, 0.4) is 0 Å². The van der Waals surface area contributed by atoms with Crippen molar-refractivity contribution in [3.05, 3.63) is 83.8 Å². The molecule has 30 heavy (non-hydrogen) atoms. The molecule has 0 radical (unpaired) electrons. The largest absolute Gasteiger partial charge is 0.457 e. The lowest BCUT2D eigenvalue weighted by molar-refractivity contribution is 0.0693. The highest BCUT2D eigenvalue weighted by atomic mass is 16.5. The van der Waals surface area contributed by atoms with Gasteiger partial charge in [-0.3, -0.25) is 9.59 Å². The van der Waals surface area contributed by atoms with Crippen molar-refractivity contribution in [2.45, 2.75) is 25.8 Å². The van der Waals surface area contributed by atoms with Crippen LogP contribution in [0.4, 0.5) is 0 Å². The molecule has 0 unspecified atom stereocenters. The summed E-state index contributed by atoms with van der Waals surface area (Å²) in [7, 11) is 0. The fraction of sp³-hybridized carbons (Fsp3) is 0.250. The third-order valence-electron chi connectivity index (χ3n) is 5.17. The minimum absolute atomic E-state index is 0.0165. The minimum atomic E-state index is -0.213. The van der Waals surface area contributed by atoms with E-state index < -0.39 is 0 Å². The number of hydrogen-bond donors (Lipinski definition) is 1. The van der Waals surface area contributed by atoms with E-state index in [2.05, 4.69) is 5.32 Å². The third kappa shape index (κ3) is 4.54. The van der Waals surface area contributed by atoms with Gasteiger partial charge in [0.15, 0.2) is 5.76 Å². The van der Waals surface area contributed by atoms with Crippen LogP contribution < -0.4 is 10.1 Å². The molecule has 1 aliphatic rings. The fourth-order valence-corrected chi connectivity index (χ4v) is 3.56. The first kappa shape index (κ1) is 19.8. The van der Waals surface area contributed by atoms with Crippen LogP contribution in [0.25, 0.3) is 0 Å². The average Bonchev–Trinajstić information content (AvgIpc) is 3.21. The lowest BCUT2D eigenvalue weighted by Crippen LogP contribution is -2.46. The molecule has 0 spiro atoms. The van der Waals surface area contributed by atoms with Crippen molar-refractivity contribution >= 4 is 11.8 Å². The second kappa shape index (κ2) is 8.86. The van der Waals surface area contributed by atoms with E-state index in [-0.39, 0.29) is 17.9 Å². The Kier molecular flexibility index (Phi) is 5.84. The van der Waals surface area contributed by atoms with Crippen LogP contribution in [-0.2, 0) is 0 Å². The van der Waals surface area contributed by atoms with Crippen molar-refractivity contribution in [3.8, 4) is 11.5 Å². The smallest absolute Gasteiger partial charge is 0.287 e. The molecule has 1 fully saturated rings. The zero-order valence-electron chi connectivity index (χ0n) is 16.8. The monoisotopic (exact) mass is 404 g/mol. The van der Waals surface area contributed by atoms with Gasteiger partial charge in [-0.05, 0) is 56.2 Å². The Balaban J connectivity index is 1.37. The number of aryl methyl sites for hydroxylation is 1. The SMILES string of the molecule is Cc1ccc(C(=O)NC2CCN(C(=O)c3ccccc3Oc3ccccc3)CC2)o1. The Hall–Kier alpha value is -3.54. The molecular formula is C24H24N2O4. The summed E-state index contributed by atoms with van der Waals surface area (Å²) in [5.41, 5.74) is 0.537.